The highest BCUT2D eigenvalue weighted by Crippen LogP contribution is 2.10. The highest BCUT2D eigenvalue weighted by molar-refractivity contribution is 9.11. The molecule has 0 rings (SSSR count). The summed E-state index contributed by atoms with van der Waals surface area (Å²) in [4.78, 5) is 0. The predicted octanol–water partition coefficient (Wildman–Crippen LogP) is 4.55. The molecule has 2 heteroatoms. The maximum absolute atomic E-state index is 12.1. The van der Waals surface area contributed by atoms with E-state index in [2.05, 4.69) is 22.9 Å². The van der Waals surface area contributed by atoms with Crippen LogP contribution in [0.25, 0.3) is 0 Å². The van der Waals surface area contributed by atoms with Gasteiger partial charge in [0.05, 0.1) is 0 Å². The lowest BCUT2D eigenvalue weighted by Gasteiger charge is -1.95. The molecule has 0 bridgehead atoms. The van der Waals surface area contributed by atoms with Gasteiger partial charge in [-0.15, -0.1) is 0 Å². The first-order valence-electron chi connectivity index (χ1n) is 4.28. The Morgan fingerprint density at radius 3 is 2.45 bits per heavy atom. The van der Waals surface area contributed by atoms with E-state index in [1.54, 1.807) is 6.08 Å². The van der Waals surface area contributed by atoms with Crippen LogP contribution in [0, 0.1) is 0 Å². The van der Waals surface area contributed by atoms with Gasteiger partial charge in [-0.05, 0) is 34.8 Å². The summed E-state index contributed by atoms with van der Waals surface area (Å²) in [6.45, 7) is 2.19. The zero-order chi connectivity index (χ0) is 8.53. The molecule has 0 heterocycles. The fourth-order valence-corrected chi connectivity index (χ4v) is 1.19. The van der Waals surface area contributed by atoms with Crippen LogP contribution in [-0.2, 0) is 0 Å². The van der Waals surface area contributed by atoms with Crippen molar-refractivity contribution in [3.05, 3.63) is 10.8 Å². The van der Waals surface area contributed by atoms with Crippen molar-refractivity contribution in [2.75, 3.05) is 0 Å². The smallest absolute Gasteiger partial charge is 0.161 e. The van der Waals surface area contributed by atoms with Gasteiger partial charge < -0.3 is 0 Å². The summed E-state index contributed by atoms with van der Waals surface area (Å²) < 4.78 is 11.8. The van der Waals surface area contributed by atoms with Crippen LogP contribution >= 0.6 is 15.9 Å². The monoisotopic (exact) mass is 222 g/mol. The topological polar surface area (TPSA) is 0 Å². The summed E-state index contributed by atoms with van der Waals surface area (Å²) in [6.07, 6.45) is 8.65. The molecule has 0 aromatic heterocycles. The summed E-state index contributed by atoms with van der Waals surface area (Å²) in [6, 6.07) is 0. The van der Waals surface area contributed by atoms with E-state index in [1.165, 1.54) is 25.7 Å². The molecule has 0 atom stereocenters. The molecule has 0 N–H and O–H groups in total. The molecule has 0 aliphatic heterocycles. The first-order valence-corrected chi connectivity index (χ1v) is 5.07. The Hall–Kier alpha value is 0.150. The number of hydrogen-bond acceptors (Lipinski definition) is 0. The van der Waals surface area contributed by atoms with E-state index < -0.39 is 0 Å². The largest absolute Gasteiger partial charge is 0.199 e. The van der Waals surface area contributed by atoms with Gasteiger partial charge in [-0.1, -0.05) is 32.6 Å². The molecular formula is C9H16BrF. The second kappa shape index (κ2) is 8.25. The molecule has 66 valence electrons. The second-order valence-electron chi connectivity index (χ2n) is 2.70. The minimum atomic E-state index is -0.229. The van der Waals surface area contributed by atoms with Crippen molar-refractivity contribution in [3.63, 3.8) is 0 Å². The van der Waals surface area contributed by atoms with Gasteiger partial charge in [0.15, 0.2) is 4.74 Å². The average Bonchev–Trinajstić information content (AvgIpc) is 1.96. The summed E-state index contributed by atoms with van der Waals surface area (Å²) in [5.74, 6) is 0. The normalized spacial score (nSPS) is 12.1. The molecule has 0 fully saturated rings. The predicted molar refractivity (Wildman–Crippen MR) is 51.5 cm³/mol. The van der Waals surface area contributed by atoms with E-state index in [-0.39, 0.29) is 4.74 Å². The van der Waals surface area contributed by atoms with Crippen molar-refractivity contribution in [1.29, 1.82) is 0 Å². The van der Waals surface area contributed by atoms with Gasteiger partial charge in [0, 0.05) is 0 Å². The first kappa shape index (κ1) is 11.2. The zero-order valence-electron chi connectivity index (χ0n) is 7.08. The van der Waals surface area contributed by atoms with Crippen LogP contribution in [0.5, 0.6) is 0 Å². The van der Waals surface area contributed by atoms with E-state index in [9.17, 15) is 4.39 Å². The van der Waals surface area contributed by atoms with Gasteiger partial charge in [-0.25, -0.2) is 0 Å². The Balaban J connectivity index is 2.97. The minimum Gasteiger partial charge on any atom is -0.199 e. The van der Waals surface area contributed by atoms with Crippen LogP contribution in [0.15, 0.2) is 10.8 Å². The average molecular weight is 223 g/mol. The Labute approximate surface area is 77.0 Å². The molecule has 0 unspecified atom stereocenters. The van der Waals surface area contributed by atoms with Crippen LogP contribution in [0.4, 0.5) is 4.39 Å². The van der Waals surface area contributed by atoms with Crippen molar-refractivity contribution in [1.82, 2.24) is 0 Å². The molecule has 11 heavy (non-hydrogen) atoms. The summed E-state index contributed by atoms with van der Waals surface area (Å²) in [5.41, 5.74) is 0. The fourth-order valence-electron chi connectivity index (χ4n) is 0.959. The van der Waals surface area contributed by atoms with Gasteiger partial charge in [0.25, 0.3) is 0 Å². The zero-order valence-corrected chi connectivity index (χ0v) is 8.66. The third kappa shape index (κ3) is 10.2. The van der Waals surface area contributed by atoms with Crippen molar-refractivity contribution in [2.45, 2.75) is 45.4 Å². The van der Waals surface area contributed by atoms with Crippen LogP contribution in [0.3, 0.4) is 0 Å². The lowest BCUT2D eigenvalue weighted by Crippen LogP contribution is -1.75. The molecule has 0 aromatic rings. The van der Waals surface area contributed by atoms with E-state index in [0.29, 0.717) is 0 Å². The second-order valence-corrected chi connectivity index (χ2v) is 3.45. The van der Waals surface area contributed by atoms with Crippen molar-refractivity contribution >= 4 is 15.9 Å². The summed E-state index contributed by atoms with van der Waals surface area (Å²) >= 11 is 2.75. The maximum atomic E-state index is 12.1. The van der Waals surface area contributed by atoms with E-state index >= 15 is 0 Å². The summed E-state index contributed by atoms with van der Waals surface area (Å²) in [5, 5.41) is 0. The lowest BCUT2D eigenvalue weighted by molar-refractivity contribution is 0.630. The molecule has 0 saturated carbocycles. The Bertz CT molecular complexity index is 106. The Morgan fingerprint density at radius 1 is 1.27 bits per heavy atom. The van der Waals surface area contributed by atoms with Crippen LogP contribution in [0.1, 0.15) is 45.4 Å². The fraction of sp³-hybridized carbons (Fsp3) is 0.778. The van der Waals surface area contributed by atoms with E-state index in [0.717, 1.165) is 12.8 Å². The molecule has 0 aromatic carbocycles. The standard InChI is InChI=1S/C9H16BrF/c1-2-3-4-5-6-7-8-9(10)11/h8H,2-7H2,1H3/b9-8+. The third-order valence-electron chi connectivity index (χ3n) is 1.61. The highest BCUT2D eigenvalue weighted by Gasteiger charge is 1.88. The maximum Gasteiger partial charge on any atom is 0.161 e. The number of allylic oxidation sites excluding steroid dienone is 1. The number of halogens is 2. The summed E-state index contributed by atoms with van der Waals surface area (Å²) in [7, 11) is 0. The van der Waals surface area contributed by atoms with Crippen molar-refractivity contribution < 1.29 is 4.39 Å². The molecule has 0 amide bonds. The number of hydrogen-bond donors (Lipinski definition) is 0. The SMILES string of the molecule is CCCCCCC/C=C(/F)Br. The van der Waals surface area contributed by atoms with E-state index in [4.69, 9.17) is 0 Å². The number of rotatable bonds is 6. The molecule has 0 nitrogen and oxygen atoms in total. The van der Waals surface area contributed by atoms with Gasteiger partial charge in [0.1, 0.15) is 0 Å². The molecule has 0 aliphatic rings. The quantitative estimate of drug-likeness (QED) is 0.579. The molecule has 0 aliphatic carbocycles. The van der Waals surface area contributed by atoms with Crippen molar-refractivity contribution in [2.24, 2.45) is 0 Å². The Morgan fingerprint density at radius 2 is 1.91 bits per heavy atom. The highest BCUT2D eigenvalue weighted by atomic mass is 79.9. The van der Waals surface area contributed by atoms with Gasteiger partial charge in [0.2, 0.25) is 0 Å². The molecule has 0 spiro atoms. The van der Waals surface area contributed by atoms with Gasteiger partial charge in [-0.2, -0.15) is 4.39 Å². The molecule has 0 saturated heterocycles. The Kier molecular flexibility index (Phi) is 8.36. The van der Waals surface area contributed by atoms with Crippen LogP contribution in [-0.4, -0.2) is 0 Å². The number of unbranched alkanes of at least 4 members (excludes halogenated alkanes) is 5. The van der Waals surface area contributed by atoms with Crippen molar-refractivity contribution in [3.8, 4) is 0 Å². The molecule has 0 radical (unpaired) electrons. The first-order chi connectivity index (χ1) is 5.27. The molecular weight excluding hydrogens is 207 g/mol. The minimum absolute atomic E-state index is 0.229. The van der Waals surface area contributed by atoms with Crippen LogP contribution in [0.2, 0.25) is 0 Å². The third-order valence-corrected chi connectivity index (χ3v) is 1.93. The van der Waals surface area contributed by atoms with Crippen LogP contribution < -0.4 is 0 Å². The lowest BCUT2D eigenvalue weighted by atomic mass is 10.1. The van der Waals surface area contributed by atoms with Gasteiger partial charge in [-0.3, -0.25) is 0 Å². The van der Waals surface area contributed by atoms with Gasteiger partial charge >= 0.3 is 0 Å². The van der Waals surface area contributed by atoms with E-state index in [1.807, 2.05) is 0 Å².